The number of fused-ring (bicyclic) bond motifs is 1. The molecule has 0 aliphatic rings. The van der Waals surface area contributed by atoms with Gasteiger partial charge in [-0.15, -0.1) is 11.3 Å². The van der Waals surface area contributed by atoms with E-state index in [-0.39, 0.29) is 5.91 Å². The summed E-state index contributed by atoms with van der Waals surface area (Å²) in [7, 11) is 4.01. The van der Waals surface area contributed by atoms with Crippen LogP contribution in [0, 0.1) is 0 Å². The molecule has 4 aromatic rings. The van der Waals surface area contributed by atoms with Gasteiger partial charge in [-0.1, -0.05) is 42.5 Å². The summed E-state index contributed by atoms with van der Waals surface area (Å²) in [5.74, 6) is 0.860. The highest BCUT2D eigenvalue weighted by Gasteiger charge is 2.21. The van der Waals surface area contributed by atoms with Gasteiger partial charge in [-0.3, -0.25) is 4.79 Å². The molecule has 5 nitrogen and oxygen atoms in total. The molecule has 2 aromatic carbocycles. The second kappa shape index (κ2) is 8.59. The standard InChI is InChI=1S/C23H23N3O2S/c1-25(2)14-15-26(16-17-8-4-3-5-9-17)23(27)20-13-12-19(28-20)22-24-18-10-6-7-11-21(18)29-22/h3-13H,14-16H2,1-2H3. The highest BCUT2D eigenvalue weighted by atomic mass is 32.1. The van der Waals surface area contributed by atoms with Crippen molar-refractivity contribution in [1.82, 2.24) is 14.8 Å². The monoisotopic (exact) mass is 405 g/mol. The Hall–Kier alpha value is -2.96. The number of likely N-dealkylation sites (N-methyl/N-ethyl adjacent to an activating group) is 1. The van der Waals surface area contributed by atoms with Gasteiger partial charge in [-0.25, -0.2) is 4.98 Å². The van der Waals surface area contributed by atoms with Gasteiger partial charge in [-0.2, -0.15) is 0 Å². The summed E-state index contributed by atoms with van der Waals surface area (Å²) in [5.41, 5.74) is 2.03. The highest BCUT2D eigenvalue weighted by molar-refractivity contribution is 7.21. The molecular formula is C23H23N3O2S. The molecule has 2 aromatic heterocycles. The van der Waals surface area contributed by atoms with Crippen LogP contribution in [0.15, 0.2) is 71.1 Å². The number of nitrogens with zero attached hydrogens (tertiary/aromatic N) is 3. The Balaban J connectivity index is 1.56. The van der Waals surface area contributed by atoms with Crippen LogP contribution in [-0.2, 0) is 6.54 Å². The van der Waals surface area contributed by atoms with Crippen LogP contribution in [0.2, 0.25) is 0 Å². The van der Waals surface area contributed by atoms with Crippen molar-refractivity contribution in [2.24, 2.45) is 0 Å². The SMILES string of the molecule is CN(C)CCN(Cc1ccccc1)C(=O)c1ccc(-c2nc3ccccc3s2)o1. The van der Waals surface area contributed by atoms with Crippen LogP contribution >= 0.6 is 11.3 Å². The van der Waals surface area contributed by atoms with E-state index in [1.54, 1.807) is 17.4 Å². The highest BCUT2D eigenvalue weighted by Crippen LogP contribution is 2.31. The van der Waals surface area contributed by atoms with Crippen LogP contribution in [0.5, 0.6) is 0 Å². The molecule has 0 radical (unpaired) electrons. The van der Waals surface area contributed by atoms with Crippen molar-refractivity contribution in [3.63, 3.8) is 0 Å². The maximum absolute atomic E-state index is 13.2. The minimum absolute atomic E-state index is 0.108. The number of para-hydroxylation sites is 1. The Kier molecular flexibility index (Phi) is 5.74. The number of hydrogen-bond donors (Lipinski definition) is 0. The van der Waals surface area contributed by atoms with Gasteiger partial charge in [0.1, 0.15) is 0 Å². The van der Waals surface area contributed by atoms with Crippen molar-refractivity contribution in [1.29, 1.82) is 0 Å². The molecule has 6 heteroatoms. The zero-order valence-electron chi connectivity index (χ0n) is 16.5. The Labute approximate surface area is 174 Å². The maximum Gasteiger partial charge on any atom is 0.289 e. The van der Waals surface area contributed by atoms with Crippen LogP contribution in [0.3, 0.4) is 0 Å². The topological polar surface area (TPSA) is 49.6 Å². The fourth-order valence-electron chi connectivity index (χ4n) is 3.08. The van der Waals surface area contributed by atoms with Crippen molar-refractivity contribution in [3.8, 4) is 10.8 Å². The normalized spacial score (nSPS) is 11.3. The van der Waals surface area contributed by atoms with Gasteiger partial charge >= 0.3 is 0 Å². The average Bonchev–Trinajstić information content (AvgIpc) is 3.38. The van der Waals surface area contributed by atoms with Crippen LogP contribution in [-0.4, -0.2) is 47.9 Å². The van der Waals surface area contributed by atoms with Gasteiger partial charge in [0.2, 0.25) is 0 Å². The Morgan fingerprint density at radius 2 is 1.72 bits per heavy atom. The largest absolute Gasteiger partial charge is 0.448 e. The number of aromatic nitrogens is 1. The van der Waals surface area contributed by atoms with E-state index in [4.69, 9.17) is 4.42 Å². The van der Waals surface area contributed by atoms with E-state index < -0.39 is 0 Å². The molecule has 0 spiro atoms. The lowest BCUT2D eigenvalue weighted by Crippen LogP contribution is -2.36. The third-order valence-electron chi connectivity index (χ3n) is 4.64. The van der Waals surface area contributed by atoms with Crippen LogP contribution in [0.25, 0.3) is 21.0 Å². The number of furan rings is 1. The summed E-state index contributed by atoms with van der Waals surface area (Å²) < 4.78 is 7.03. The first-order valence-electron chi connectivity index (χ1n) is 9.54. The molecule has 0 fully saturated rings. The lowest BCUT2D eigenvalue weighted by molar-refractivity contribution is 0.0700. The molecule has 0 aliphatic carbocycles. The average molecular weight is 406 g/mol. The molecule has 0 atom stereocenters. The van der Waals surface area contributed by atoms with Gasteiger partial charge in [0.15, 0.2) is 16.5 Å². The van der Waals surface area contributed by atoms with Gasteiger partial charge < -0.3 is 14.2 Å². The number of amides is 1. The lowest BCUT2D eigenvalue weighted by Gasteiger charge is -2.23. The van der Waals surface area contributed by atoms with E-state index in [1.807, 2.05) is 79.7 Å². The summed E-state index contributed by atoms with van der Waals surface area (Å²) >= 11 is 1.56. The minimum Gasteiger partial charge on any atom is -0.448 e. The van der Waals surface area contributed by atoms with E-state index in [1.165, 1.54) is 0 Å². The summed E-state index contributed by atoms with van der Waals surface area (Å²) in [4.78, 5) is 21.7. The molecule has 0 unspecified atom stereocenters. The smallest absolute Gasteiger partial charge is 0.289 e. The number of carbonyl (C=O) groups is 1. The van der Waals surface area contributed by atoms with E-state index >= 15 is 0 Å². The van der Waals surface area contributed by atoms with Crippen molar-refractivity contribution < 1.29 is 9.21 Å². The van der Waals surface area contributed by atoms with Crippen LogP contribution < -0.4 is 0 Å². The van der Waals surface area contributed by atoms with Gasteiger partial charge in [0.05, 0.1) is 10.2 Å². The first-order chi connectivity index (χ1) is 14.1. The zero-order chi connectivity index (χ0) is 20.2. The number of hydrogen-bond acceptors (Lipinski definition) is 5. The predicted molar refractivity (Wildman–Crippen MR) is 117 cm³/mol. The van der Waals surface area contributed by atoms with Crippen LogP contribution in [0.4, 0.5) is 0 Å². The fraction of sp³-hybridized carbons (Fsp3) is 0.217. The quantitative estimate of drug-likeness (QED) is 0.445. The molecule has 0 N–H and O–H groups in total. The number of carbonyl (C=O) groups excluding carboxylic acids is 1. The zero-order valence-corrected chi connectivity index (χ0v) is 17.4. The molecule has 1 amide bonds. The third kappa shape index (κ3) is 4.55. The maximum atomic E-state index is 13.2. The van der Waals surface area contributed by atoms with Crippen molar-refractivity contribution in [2.45, 2.75) is 6.54 Å². The van der Waals surface area contributed by atoms with Gasteiger partial charge in [0.25, 0.3) is 5.91 Å². The lowest BCUT2D eigenvalue weighted by atomic mass is 10.2. The second-order valence-corrected chi connectivity index (χ2v) is 8.20. The Morgan fingerprint density at radius 3 is 2.48 bits per heavy atom. The molecular weight excluding hydrogens is 382 g/mol. The molecule has 148 valence electrons. The first kappa shape index (κ1) is 19.4. The molecule has 2 heterocycles. The van der Waals surface area contributed by atoms with Gasteiger partial charge in [-0.05, 0) is 43.9 Å². The van der Waals surface area contributed by atoms with Gasteiger partial charge in [0, 0.05) is 19.6 Å². The van der Waals surface area contributed by atoms with E-state index in [0.29, 0.717) is 24.6 Å². The fourth-order valence-corrected chi connectivity index (χ4v) is 4.01. The van der Waals surface area contributed by atoms with Crippen LogP contribution in [0.1, 0.15) is 16.1 Å². The Morgan fingerprint density at radius 1 is 0.966 bits per heavy atom. The molecule has 0 saturated heterocycles. The van der Waals surface area contributed by atoms with E-state index in [9.17, 15) is 4.79 Å². The second-order valence-electron chi connectivity index (χ2n) is 7.17. The van der Waals surface area contributed by atoms with E-state index in [2.05, 4.69) is 9.88 Å². The summed E-state index contributed by atoms with van der Waals surface area (Å²) in [6, 6.07) is 21.6. The molecule has 29 heavy (non-hydrogen) atoms. The van der Waals surface area contributed by atoms with Crippen molar-refractivity contribution in [2.75, 3.05) is 27.2 Å². The number of rotatable bonds is 7. The number of thiazole rings is 1. The molecule has 4 rings (SSSR count). The first-order valence-corrected chi connectivity index (χ1v) is 10.4. The van der Waals surface area contributed by atoms with E-state index in [0.717, 1.165) is 27.3 Å². The minimum atomic E-state index is -0.108. The summed E-state index contributed by atoms with van der Waals surface area (Å²) in [6.07, 6.45) is 0. The predicted octanol–water partition coefficient (Wildman–Crippen LogP) is 4.76. The summed E-state index contributed by atoms with van der Waals surface area (Å²) in [6.45, 7) is 1.95. The Bertz CT molecular complexity index is 1070. The molecule has 0 aliphatic heterocycles. The van der Waals surface area contributed by atoms with Crippen molar-refractivity contribution >= 4 is 27.5 Å². The third-order valence-corrected chi connectivity index (χ3v) is 5.69. The summed E-state index contributed by atoms with van der Waals surface area (Å²) in [5, 5.41) is 0.785. The molecule has 0 bridgehead atoms. The molecule has 0 saturated carbocycles. The number of benzene rings is 2. The van der Waals surface area contributed by atoms with Crippen molar-refractivity contribution in [3.05, 3.63) is 78.1 Å².